The van der Waals surface area contributed by atoms with E-state index in [-0.39, 0.29) is 12.0 Å². The smallest absolute Gasteiger partial charge is 0.274 e. The number of hydrogen-bond acceptors (Lipinski definition) is 5. The van der Waals surface area contributed by atoms with Crippen molar-refractivity contribution in [3.63, 3.8) is 0 Å². The van der Waals surface area contributed by atoms with Crippen LogP contribution in [0.15, 0.2) is 48.9 Å². The fourth-order valence-electron chi connectivity index (χ4n) is 3.08. The van der Waals surface area contributed by atoms with Crippen molar-refractivity contribution in [3.05, 3.63) is 59.6 Å². The van der Waals surface area contributed by atoms with Crippen molar-refractivity contribution in [2.24, 2.45) is 0 Å². The molecule has 3 aromatic rings. The average Bonchev–Trinajstić information content (AvgIpc) is 2.69. The Labute approximate surface area is 155 Å². The van der Waals surface area contributed by atoms with Crippen LogP contribution >= 0.6 is 11.6 Å². The molecule has 0 spiro atoms. The van der Waals surface area contributed by atoms with Crippen LogP contribution in [0.2, 0.25) is 5.02 Å². The lowest BCUT2D eigenvalue weighted by Crippen LogP contribution is -2.44. The van der Waals surface area contributed by atoms with E-state index in [0.717, 1.165) is 18.4 Å². The minimum atomic E-state index is -0.127. The highest BCUT2D eigenvalue weighted by atomic mass is 35.5. The third-order valence-corrected chi connectivity index (χ3v) is 4.65. The van der Waals surface area contributed by atoms with Gasteiger partial charge in [-0.05, 0) is 25.0 Å². The number of ether oxygens (including phenoxy) is 1. The monoisotopic (exact) mass is 368 g/mol. The van der Waals surface area contributed by atoms with Gasteiger partial charge in [0.25, 0.3) is 5.91 Å². The average molecular weight is 369 g/mol. The highest BCUT2D eigenvalue weighted by Crippen LogP contribution is 2.26. The SMILES string of the molecule is O=C(c1cnc2ccccc2n1)N1CCC[C@@H](Oc2ccncc2Cl)C1. The van der Waals surface area contributed by atoms with E-state index in [1.807, 2.05) is 24.3 Å². The van der Waals surface area contributed by atoms with Crippen molar-refractivity contribution in [3.8, 4) is 5.75 Å². The number of fused-ring (bicyclic) bond motifs is 1. The highest BCUT2D eigenvalue weighted by molar-refractivity contribution is 6.31. The van der Waals surface area contributed by atoms with Crippen molar-refractivity contribution in [1.82, 2.24) is 19.9 Å². The quantitative estimate of drug-likeness (QED) is 0.709. The Kier molecular flexibility index (Phi) is 4.67. The number of likely N-dealkylation sites (tertiary alicyclic amines) is 1. The lowest BCUT2D eigenvalue weighted by atomic mass is 10.1. The molecule has 1 aromatic carbocycles. The number of piperidine rings is 1. The summed E-state index contributed by atoms with van der Waals surface area (Å²) in [5.74, 6) is 0.462. The van der Waals surface area contributed by atoms with Gasteiger partial charge in [0, 0.05) is 25.0 Å². The molecule has 1 amide bonds. The van der Waals surface area contributed by atoms with Crippen molar-refractivity contribution in [1.29, 1.82) is 0 Å². The van der Waals surface area contributed by atoms with Gasteiger partial charge in [-0.1, -0.05) is 23.7 Å². The number of amides is 1. The molecule has 3 heterocycles. The molecule has 6 nitrogen and oxygen atoms in total. The molecule has 26 heavy (non-hydrogen) atoms. The highest BCUT2D eigenvalue weighted by Gasteiger charge is 2.27. The largest absolute Gasteiger partial charge is 0.487 e. The number of carbonyl (C=O) groups is 1. The van der Waals surface area contributed by atoms with E-state index in [4.69, 9.17) is 16.3 Å². The molecule has 0 aliphatic carbocycles. The number of carbonyl (C=O) groups excluding carboxylic acids is 1. The molecule has 1 atom stereocenters. The molecule has 0 N–H and O–H groups in total. The van der Waals surface area contributed by atoms with Gasteiger partial charge < -0.3 is 9.64 Å². The van der Waals surface area contributed by atoms with E-state index in [2.05, 4.69) is 15.0 Å². The summed E-state index contributed by atoms with van der Waals surface area (Å²) in [5, 5.41) is 0.469. The number of halogens is 1. The van der Waals surface area contributed by atoms with Gasteiger partial charge in [0.2, 0.25) is 0 Å². The Morgan fingerprint density at radius 1 is 1.19 bits per heavy atom. The molecule has 7 heteroatoms. The Bertz CT molecular complexity index is 949. The first-order valence-electron chi connectivity index (χ1n) is 8.48. The number of para-hydroxylation sites is 2. The van der Waals surface area contributed by atoms with E-state index < -0.39 is 0 Å². The molecule has 2 aromatic heterocycles. The summed E-state index contributed by atoms with van der Waals surface area (Å²) in [5.41, 5.74) is 1.84. The van der Waals surface area contributed by atoms with Gasteiger partial charge in [-0.15, -0.1) is 0 Å². The van der Waals surface area contributed by atoms with E-state index in [1.165, 1.54) is 6.20 Å². The molecule has 132 valence electrons. The number of rotatable bonds is 3. The lowest BCUT2D eigenvalue weighted by molar-refractivity contribution is 0.0533. The van der Waals surface area contributed by atoms with Crippen LogP contribution in [0.5, 0.6) is 5.75 Å². The van der Waals surface area contributed by atoms with Crippen LogP contribution in [0.4, 0.5) is 0 Å². The number of nitrogens with zero attached hydrogens (tertiary/aromatic N) is 4. The maximum Gasteiger partial charge on any atom is 0.274 e. The van der Waals surface area contributed by atoms with Crippen LogP contribution in [0.1, 0.15) is 23.3 Å². The van der Waals surface area contributed by atoms with Crippen LogP contribution in [-0.4, -0.2) is 45.0 Å². The standard InChI is InChI=1S/C19H17ClN4O2/c20-14-10-21-8-7-18(14)26-13-4-3-9-24(12-13)19(25)17-11-22-15-5-1-2-6-16(15)23-17/h1-2,5-8,10-11,13H,3-4,9,12H2/t13-/m1/s1. The van der Waals surface area contributed by atoms with Crippen LogP contribution in [0, 0.1) is 0 Å². The Morgan fingerprint density at radius 2 is 2.04 bits per heavy atom. The first kappa shape index (κ1) is 16.7. The second-order valence-electron chi connectivity index (χ2n) is 6.18. The van der Waals surface area contributed by atoms with E-state index in [0.29, 0.717) is 35.1 Å². The minimum Gasteiger partial charge on any atom is -0.487 e. The molecule has 1 fully saturated rings. The molecular formula is C19H17ClN4O2. The summed E-state index contributed by atoms with van der Waals surface area (Å²) in [6.07, 6.45) is 6.34. The van der Waals surface area contributed by atoms with E-state index >= 15 is 0 Å². The van der Waals surface area contributed by atoms with E-state index in [1.54, 1.807) is 23.4 Å². The first-order valence-corrected chi connectivity index (χ1v) is 8.86. The van der Waals surface area contributed by atoms with Crippen LogP contribution < -0.4 is 4.74 Å². The van der Waals surface area contributed by atoms with Crippen molar-refractivity contribution in [2.45, 2.75) is 18.9 Å². The molecule has 0 bridgehead atoms. The van der Waals surface area contributed by atoms with Gasteiger partial charge in [0.05, 0.1) is 23.8 Å². The number of benzene rings is 1. The molecule has 1 saturated heterocycles. The van der Waals surface area contributed by atoms with Crippen molar-refractivity contribution in [2.75, 3.05) is 13.1 Å². The summed E-state index contributed by atoms with van der Waals surface area (Å²) in [7, 11) is 0. The summed E-state index contributed by atoms with van der Waals surface area (Å²) >= 11 is 6.11. The fraction of sp³-hybridized carbons (Fsp3) is 0.263. The van der Waals surface area contributed by atoms with Gasteiger partial charge >= 0.3 is 0 Å². The topological polar surface area (TPSA) is 68.2 Å². The Hall–Kier alpha value is -2.73. The van der Waals surface area contributed by atoms with Gasteiger partial charge in [0.15, 0.2) is 0 Å². The zero-order chi connectivity index (χ0) is 17.9. The van der Waals surface area contributed by atoms with Crippen LogP contribution in [0.3, 0.4) is 0 Å². The van der Waals surface area contributed by atoms with Crippen LogP contribution in [-0.2, 0) is 0 Å². The van der Waals surface area contributed by atoms with Gasteiger partial charge in [0.1, 0.15) is 22.6 Å². The fourth-order valence-corrected chi connectivity index (χ4v) is 3.24. The number of hydrogen-bond donors (Lipinski definition) is 0. The Morgan fingerprint density at radius 3 is 2.88 bits per heavy atom. The summed E-state index contributed by atoms with van der Waals surface area (Å²) in [6.45, 7) is 1.17. The Balaban J connectivity index is 1.49. The molecule has 4 rings (SSSR count). The third kappa shape index (κ3) is 3.46. The van der Waals surface area contributed by atoms with Crippen LogP contribution in [0.25, 0.3) is 11.0 Å². The van der Waals surface area contributed by atoms with E-state index in [9.17, 15) is 4.79 Å². The molecule has 1 aliphatic rings. The second kappa shape index (κ2) is 7.25. The third-order valence-electron chi connectivity index (χ3n) is 4.36. The minimum absolute atomic E-state index is 0.110. The molecule has 1 aliphatic heterocycles. The van der Waals surface area contributed by atoms with Gasteiger partial charge in [-0.25, -0.2) is 4.98 Å². The first-order chi connectivity index (χ1) is 12.7. The maximum atomic E-state index is 12.8. The molecule has 0 saturated carbocycles. The van der Waals surface area contributed by atoms with Crippen molar-refractivity contribution < 1.29 is 9.53 Å². The maximum absolute atomic E-state index is 12.8. The summed E-state index contributed by atoms with van der Waals surface area (Å²) in [4.78, 5) is 27.3. The summed E-state index contributed by atoms with van der Waals surface area (Å²) in [6, 6.07) is 9.24. The normalized spacial score (nSPS) is 17.3. The van der Waals surface area contributed by atoms with Gasteiger partial charge in [-0.3, -0.25) is 14.8 Å². The number of pyridine rings is 1. The predicted octanol–water partition coefficient (Wildman–Crippen LogP) is 3.36. The van der Waals surface area contributed by atoms with Gasteiger partial charge in [-0.2, -0.15) is 0 Å². The molecule has 0 unspecified atom stereocenters. The summed E-state index contributed by atoms with van der Waals surface area (Å²) < 4.78 is 5.97. The predicted molar refractivity (Wildman–Crippen MR) is 98.3 cm³/mol. The van der Waals surface area contributed by atoms with Crippen molar-refractivity contribution >= 4 is 28.5 Å². The zero-order valence-electron chi connectivity index (χ0n) is 14.0. The lowest BCUT2D eigenvalue weighted by Gasteiger charge is -2.32. The molecule has 0 radical (unpaired) electrons. The molecular weight excluding hydrogens is 352 g/mol. The zero-order valence-corrected chi connectivity index (χ0v) is 14.8. The number of aromatic nitrogens is 3. The second-order valence-corrected chi connectivity index (χ2v) is 6.59.